The normalized spacial score (nSPS) is 20.5. The molecule has 0 unspecified atom stereocenters. The van der Waals surface area contributed by atoms with E-state index in [9.17, 15) is 4.79 Å². The van der Waals surface area contributed by atoms with Gasteiger partial charge in [0.2, 0.25) is 6.79 Å². The average molecular weight is 337 g/mol. The molecule has 0 radical (unpaired) electrons. The first-order chi connectivity index (χ1) is 12.3. The van der Waals surface area contributed by atoms with Crippen molar-refractivity contribution in [1.82, 2.24) is 4.90 Å². The minimum atomic E-state index is 0.0605. The summed E-state index contributed by atoms with van der Waals surface area (Å²) in [6.45, 7) is 2.54. The fourth-order valence-electron chi connectivity index (χ4n) is 3.89. The van der Waals surface area contributed by atoms with Gasteiger partial charge in [0.25, 0.3) is 5.91 Å². The molecule has 5 nitrogen and oxygen atoms in total. The Bertz CT molecular complexity index is 848. The molecule has 2 aromatic carbocycles. The third-order valence-electron chi connectivity index (χ3n) is 5.28. The molecule has 1 saturated heterocycles. The number of amides is 1. The van der Waals surface area contributed by atoms with E-state index in [1.807, 2.05) is 17.0 Å². The van der Waals surface area contributed by atoms with E-state index >= 15 is 0 Å². The van der Waals surface area contributed by atoms with Crippen LogP contribution in [-0.4, -0.2) is 37.3 Å². The van der Waals surface area contributed by atoms with Crippen molar-refractivity contribution in [3.05, 3.63) is 53.1 Å². The van der Waals surface area contributed by atoms with E-state index in [1.54, 1.807) is 6.07 Å². The number of carbonyl (C=O) groups is 1. The maximum atomic E-state index is 12.8. The maximum absolute atomic E-state index is 12.8. The number of carbonyl (C=O) groups excluding carboxylic acids is 1. The van der Waals surface area contributed by atoms with Crippen molar-refractivity contribution in [1.29, 1.82) is 0 Å². The number of ether oxygens (including phenoxy) is 3. The Balaban J connectivity index is 1.32. The Morgan fingerprint density at radius 3 is 2.84 bits per heavy atom. The molecule has 3 aliphatic heterocycles. The van der Waals surface area contributed by atoms with Crippen LogP contribution in [0, 0.1) is 0 Å². The van der Waals surface area contributed by atoms with Gasteiger partial charge in [-0.05, 0) is 41.8 Å². The predicted molar refractivity (Wildman–Crippen MR) is 91.5 cm³/mol. The minimum Gasteiger partial charge on any atom is -0.493 e. The molecule has 0 spiro atoms. The molecule has 128 valence electrons. The lowest BCUT2D eigenvalue weighted by Gasteiger charge is -2.17. The summed E-state index contributed by atoms with van der Waals surface area (Å²) in [4.78, 5) is 14.8. The number of benzene rings is 2. The Hall–Kier alpha value is -2.69. The van der Waals surface area contributed by atoms with E-state index in [0.29, 0.717) is 23.0 Å². The van der Waals surface area contributed by atoms with Crippen LogP contribution in [0.4, 0.5) is 0 Å². The number of rotatable bonds is 2. The fourth-order valence-corrected chi connectivity index (χ4v) is 3.89. The van der Waals surface area contributed by atoms with Crippen molar-refractivity contribution in [2.75, 3.05) is 26.5 Å². The van der Waals surface area contributed by atoms with Gasteiger partial charge in [-0.2, -0.15) is 0 Å². The molecule has 0 saturated carbocycles. The molecule has 25 heavy (non-hydrogen) atoms. The first-order valence-corrected chi connectivity index (χ1v) is 8.72. The minimum absolute atomic E-state index is 0.0605. The molecule has 0 bridgehead atoms. The van der Waals surface area contributed by atoms with E-state index in [1.165, 1.54) is 11.1 Å². The van der Waals surface area contributed by atoms with Crippen LogP contribution in [-0.2, 0) is 6.42 Å². The zero-order chi connectivity index (χ0) is 16.8. The van der Waals surface area contributed by atoms with Gasteiger partial charge in [-0.15, -0.1) is 0 Å². The molecule has 1 atom stereocenters. The van der Waals surface area contributed by atoms with Gasteiger partial charge in [0.15, 0.2) is 11.5 Å². The molecule has 1 amide bonds. The zero-order valence-corrected chi connectivity index (χ0v) is 13.9. The van der Waals surface area contributed by atoms with E-state index in [0.717, 1.165) is 38.3 Å². The van der Waals surface area contributed by atoms with Gasteiger partial charge in [-0.25, -0.2) is 0 Å². The van der Waals surface area contributed by atoms with Gasteiger partial charge < -0.3 is 19.1 Å². The van der Waals surface area contributed by atoms with Crippen LogP contribution in [0.25, 0.3) is 0 Å². The van der Waals surface area contributed by atoms with Crippen LogP contribution in [0.5, 0.6) is 17.2 Å². The predicted octanol–water partition coefficient (Wildman–Crippen LogP) is 2.98. The summed E-state index contributed by atoms with van der Waals surface area (Å²) in [6.07, 6.45) is 1.98. The van der Waals surface area contributed by atoms with Crippen LogP contribution in [0.2, 0.25) is 0 Å². The lowest BCUT2D eigenvalue weighted by atomic mass is 9.96. The van der Waals surface area contributed by atoms with Gasteiger partial charge in [0.1, 0.15) is 5.75 Å². The van der Waals surface area contributed by atoms with Gasteiger partial charge >= 0.3 is 0 Å². The Morgan fingerprint density at radius 2 is 1.88 bits per heavy atom. The SMILES string of the molecule is O=C(c1ccc2c(c1)OCO2)N1CC[C@H](c2ccc3c(c2)CCO3)C1. The molecular weight excluding hydrogens is 318 g/mol. The molecule has 1 fully saturated rings. The maximum Gasteiger partial charge on any atom is 0.254 e. The summed E-state index contributed by atoms with van der Waals surface area (Å²) in [5.41, 5.74) is 3.26. The van der Waals surface area contributed by atoms with E-state index < -0.39 is 0 Å². The largest absolute Gasteiger partial charge is 0.493 e. The van der Waals surface area contributed by atoms with Gasteiger partial charge in [-0.1, -0.05) is 12.1 Å². The number of hydrogen-bond donors (Lipinski definition) is 0. The smallest absolute Gasteiger partial charge is 0.254 e. The summed E-state index contributed by atoms with van der Waals surface area (Å²) < 4.78 is 16.3. The second kappa shape index (κ2) is 5.69. The lowest BCUT2D eigenvalue weighted by Crippen LogP contribution is -2.28. The van der Waals surface area contributed by atoms with Crippen LogP contribution in [0.15, 0.2) is 36.4 Å². The molecule has 3 aliphatic rings. The molecular formula is C20H19NO4. The summed E-state index contributed by atoms with van der Waals surface area (Å²) in [5.74, 6) is 2.82. The molecule has 0 aromatic heterocycles. The molecule has 0 N–H and O–H groups in total. The van der Waals surface area contributed by atoms with E-state index in [4.69, 9.17) is 14.2 Å². The zero-order valence-electron chi connectivity index (χ0n) is 13.9. The highest BCUT2D eigenvalue weighted by Gasteiger charge is 2.29. The van der Waals surface area contributed by atoms with Crippen molar-refractivity contribution < 1.29 is 19.0 Å². The molecule has 2 aromatic rings. The second-order valence-corrected chi connectivity index (χ2v) is 6.77. The van der Waals surface area contributed by atoms with Crippen molar-refractivity contribution in [2.45, 2.75) is 18.8 Å². The van der Waals surface area contributed by atoms with Gasteiger partial charge in [-0.3, -0.25) is 4.79 Å². The van der Waals surface area contributed by atoms with E-state index in [2.05, 4.69) is 18.2 Å². The van der Waals surface area contributed by atoms with Crippen molar-refractivity contribution in [2.24, 2.45) is 0 Å². The van der Waals surface area contributed by atoms with Crippen molar-refractivity contribution in [3.63, 3.8) is 0 Å². The number of nitrogens with zero attached hydrogens (tertiary/aromatic N) is 1. The summed E-state index contributed by atoms with van der Waals surface area (Å²) in [5, 5.41) is 0. The van der Waals surface area contributed by atoms with Crippen LogP contribution < -0.4 is 14.2 Å². The van der Waals surface area contributed by atoms with Crippen LogP contribution in [0.3, 0.4) is 0 Å². The Kier molecular flexibility index (Phi) is 3.33. The van der Waals surface area contributed by atoms with Crippen LogP contribution in [0.1, 0.15) is 33.8 Å². The third kappa shape index (κ3) is 2.51. The first-order valence-electron chi connectivity index (χ1n) is 8.72. The second-order valence-electron chi connectivity index (χ2n) is 6.77. The van der Waals surface area contributed by atoms with E-state index in [-0.39, 0.29) is 12.7 Å². The fraction of sp³-hybridized carbons (Fsp3) is 0.350. The Labute approximate surface area is 146 Å². The number of hydrogen-bond acceptors (Lipinski definition) is 4. The molecule has 3 heterocycles. The lowest BCUT2D eigenvalue weighted by molar-refractivity contribution is 0.0790. The highest BCUT2D eigenvalue weighted by atomic mass is 16.7. The molecule has 0 aliphatic carbocycles. The van der Waals surface area contributed by atoms with Gasteiger partial charge in [0, 0.05) is 31.0 Å². The van der Waals surface area contributed by atoms with Crippen molar-refractivity contribution >= 4 is 5.91 Å². The highest BCUT2D eigenvalue weighted by Crippen LogP contribution is 2.35. The quantitative estimate of drug-likeness (QED) is 0.845. The summed E-state index contributed by atoms with van der Waals surface area (Å²) in [6, 6.07) is 11.9. The topological polar surface area (TPSA) is 48.0 Å². The van der Waals surface area contributed by atoms with Crippen LogP contribution >= 0.6 is 0 Å². The number of likely N-dealkylation sites (tertiary alicyclic amines) is 1. The number of fused-ring (bicyclic) bond motifs is 2. The summed E-state index contributed by atoms with van der Waals surface area (Å²) in [7, 11) is 0. The molecule has 5 rings (SSSR count). The highest BCUT2D eigenvalue weighted by molar-refractivity contribution is 5.95. The molecule has 5 heteroatoms. The standard InChI is InChI=1S/C20H19NO4/c22-20(15-2-4-18-19(10-15)25-12-24-18)21-7-5-16(11-21)13-1-3-17-14(9-13)6-8-23-17/h1-4,9-10,16H,5-8,11-12H2/t16-/m0/s1. The average Bonchev–Trinajstić information content (AvgIpc) is 3.39. The third-order valence-corrected chi connectivity index (χ3v) is 5.28. The van der Waals surface area contributed by atoms with Crippen molar-refractivity contribution in [3.8, 4) is 17.2 Å². The van der Waals surface area contributed by atoms with Gasteiger partial charge in [0.05, 0.1) is 6.61 Å². The Morgan fingerprint density at radius 1 is 1.00 bits per heavy atom. The first kappa shape index (κ1) is 14.6. The monoisotopic (exact) mass is 337 g/mol. The summed E-state index contributed by atoms with van der Waals surface area (Å²) >= 11 is 0.